The Bertz CT molecular complexity index is 1200. The van der Waals surface area contributed by atoms with Crippen LogP contribution in [0.2, 0.25) is 0 Å². The van der Waals surface area contributed by atoms with Crippen LogP contribution in [0.15, 0.2) is 57.7 Å². The molecule has 6 heteroatoms. The van der Waals surface area contributed by atoms with E-state index in [2.05, 4.69) is 6.92 Å². The highest BCUT2D eigenvalue weighted by Crippen LogP contribution is 2.39. The molecule has 4 rings (SSSR count). The molecule has 0 fully saturated rings. The number of ether oxygens (including phenoxy) is 2. The number of hydrogen-bond acceptors (Lipinski definition) is 5. The summed E-state index contributed by atoms with van der Waals surface area (Å²) >= 11 is 0. The van der Waals surface area contributed by atoms with Crippen molar-refractivity contribution in [2.24, 2.45) is 0 Å². The number of carbonyl (C=O) groups is 1. The number of para-hydroxylation sites is 1. The molecule has 0 radical (unpaired) electrons. The Morgan fingerprint density at radius 2 is 1.82 bits per heavy atom. The van der Waals surface area contributed by atoms with E-state index in [9.17, 15) is 9.59 Å². The fraction of sp³-hybridized carbons (Fsp3) is 0.429. The molecule has 6 nitrogen and oxygen atoms in total. The lowest BCUT2D eigenvalue weighted by Crippen LogP contribution is -2.31. The zero-order chi connectivity index (χ0) is 24.1. The fourth-order valence-electron chi connectivity index (χ4n) is 4.41. The molecule has 0 aliphatic carbocycles. The standard InChI is InChI=1S/C28H33NO5/c1-4-5-8-16-33-21-12-9-11-20(18-21)25-24-26(30)22-13-6-7-14-23(22)34-27(24)28(31)29(25)15-10-17-32-19(2)3/h6-7,9,11-14,18-19,25H,4-5,8,10,15-17H2,1-3H3. The maximum Gasteiger partial charge on any atom is 0.290 e. The van der Waals surface area contributed by atoms with Crippen molar-refractivity contribution in [1.82, 2.24) is 4.90 Å². The Hall–Kier alpha value is -3.12. The second kappa shape index (κ2) is 10.9. The second-order valence-corrected chi connectivity index (χ2v) is 8.97. The third-order valence-corrected chi connectivity index (χ3v) is 6.06. The molecule has 1 aromatic heterocycles. The van der Waals surface area contributed by atoms with Crippen LogP contribution in [0.3, 0.4) is 0 Å². The highest BCUT2D eigenvalue weighted by Gasteiger charge is 2.42. The predicted molar refractivity (Wildman–Crippen MR) is 133 cm³/mol. The summed E-state index contributed by atoms with van der Waals surface area (Å²) < 4.78 is 17.6. The first kappa shape index (κ1) is 24.0. The van der Waals surface area contributed by atoms with E-state index in [-0.39, 0.29) is 23.2 Å². The van der Waals surface area contributed by atoms with Crippen LogP contribution in [0.5, 0.6) is 5.75 Å². The van der Waals surface area contributed by atoms with Gasteiger partial charge in [0.05, 0.1) is 29.7 Å². The van der Waals surface area contributed by atoms with Gasteiger partial charge in [0.2, 0.25) is 5.76 Å². The number of amides is 1. The molecule has 0 bridgehead atoms. The Balaban J connectivity index is 1.71. The van der Waals surface area contributed by atoms with E-state index >= 15 is 0 Å². The maximum absolute atomic E-state index is 13.5. The molecule has 3 aromatic rings. The Labute approximate surface area is 200 Å². The van der Waals surface area contributed by atoms with E-state index in [1.165, 1.54) is 0 Å². The largest absolute Gasteiger partial charge is 0.494 e. The molecule has 1 atom stereocenters. The van der Waals surface area contributed by atoms with Crippen molar-refractivity contribution in [2.45, 2.75) is 58.6 Å². The lowest BCUT2D eigenvalue weighted by atomic mass is 9.98. The van der Waals surface area contributed by atoms with Gasteiger partial charge in [0.15, 0.2) is 5.43 Å². The lowest BCUT2D eigenvalue weighted by molar-refractivity contribution is 0.0593. The van der Waals surface area contributed by atoms with Crippen LogP contribution in [0, 0.1) is 0 Å². The van der Waals surface area contributed by atoms with Crippen molar-refractivity contribution in [2.75, 3.05) is 19.8 Å². The van der Waals surface area contributed by atoms with Crippen molar-refractivity contribution >= 4 is 16.9 Å². The van der Waals surface area contributed by atoms with Crippen LogP contribution in [0.4, 0.5) is 0 Å². The first-order valence-electron chi connectivity index (χ1n) is 12.2. The van der Waals surface area contributed by atoms with Gasteiger partial charge in [-0.15, -0.1) is 0 Å². The van der Waals surface area contributed by atoms with Crippen LogP contribution in [-0.2, 0) is 4.74 Å². The van der Waals surface area contributed by atoms with E-state index in [1.807, 2.05) is 44.2 Å². The first-order valence-corrected chi connectivity index (χ1v) is 12.2. The molecule has 180 valence electrons. The monoisotopic (exact) mass is 463 g/mol. The Morgan fingerprint density at radius 1 is 1.00 bits per heavy atom. The third-order valence-electron chi connectivity index (χ3n) is 6.06. The second-order valence-electron chi connectivity index (χ2n) is 8.97. The molecule has 0 spiro atoms. The number of nitrogens with zero attached hydrogens (tertiary/aromatic N) is 1. The summed E-state index contributed by atoms with van der Waals surface area (Å²) in [5.74, 6) is 0.609. The first-order chi connectivity index (χ1) is 16.5. The number of rotatable bonds is 11. The van der Waals surface area contributed by atoms with Gasteiger partial charge in [-0.05, 0) is 56.5 Å². The molecule has 2 heterocycles. The minimum Gasteiger partial charge on any atom is -0.494 e. The van der Waals surface area contributed by atoms with Crippen LogP contribution in [-0.4, -0.2) is 36.7 Å². The molecule has 1 aliphatic rings. The maximum atomic E-state index is 13.5. The number of fused-ring (bicyclic) bond motifs is 2. The zero-order valence-electron chi connectivity index (χ0n) is 20.2. The Morgan fingerprint density at radius 3 is 2.62 bits per heavy atom. The van der Waals surface area contributed by atoms with E-state index in [0.717, 1.165) is 30.6 Å². The highest BCUT2D eigenvalue weighted by atomic mass is 16.5. The molecule has 2 aromatic carbocycles. The van der Waals surface area contributed by atoms with Gasteiger partial charge in [-0.25, -0.2) is 0 Å². The van der Waals surface area contributed by atoms with E-state index in [1.54, 1.807) is 23.1 Å². The number of carbonyl (C=O) groups excluding carboxylic acids is 1. The average molecular weight is 464 g/mol. The van der Waals surface area contributed by atoms with Crippen molar-refractivity contribution in [3.8, 4) is 5.75 Å². The molecule has 1 unspecified atom stereocenters. The van der Waals surface area contributed by atoms with Gasteiger partial charge in [0, 0.05) is 13.2 Å². The van der Waals surface area contributed by atoms with Crippen LogP contribution in [0.25, 0.3) is 11.0 Å². The summed E-state index contributed by atoms with van der Waals surface area (Å²) in [6.07, 6.45) is 4.02. The quantitative estimate of drug-likeness (QED) is 0.340. The van der Waals surface area contributed by atoms with Gasteiger partial charge >= 0.3 is 0 Å². The lowest BCUT2D eigenvalue weighted by Gasteiger charge is -2.25. The fourth-order valence-corrected chi connectivity index (χ4v) is 4.41. The van der Waals surface area contributed by atoms with E-state index < -0.39 is 6.04 Å². The van der Waals surface area contributed by atoms with E-state index in [4.69, 9.17) is 13.9 Å². The van der Waals surface area contributed by atoms with Crippen molar-refractivity contribution in [1.29, 1.82) is 0 Å². The summed E-state index contributed by atoms with van der Waals surface area (Å²) in [7, 11) is 0. The van der Waals surface area contributed by atoms with E-state index in [0.29, 0.717) is 42.7 Å². The summed E-state index contributed by atoms with van der Waals surface area (Å²) in [6.45, 7) is 7.76. The summed E-state index contributed by atoms with van der Waals surface area (Å²) in [4.78, 5) is 28.7. The third kappa shape index (κ3) is 5.02. The number of hydrogen-bond donors (Lipinski definition) is 0. The van der Waals surface area contributed by atoms with Gasteiger partial charge in [-0.2, -0.15) is 0 Å². The molecular formula is C28H33NO5. The summed E-state index contributed by atoms with van der Waals surface area (Å²) in [6, 6.07) is 14.3. The zero-order valence-corrected chi connectivity index (χ0v) is 20.2. The van der Waals surface area contributed by atoms with Crippen LogP contribution >= 0.6 is 0 Å². The Kier molecular flexibility index (Phi) is 7.68. The van der Waals surface area contributed by atoms with Crippen LogP contribution < -0.4 is 10.2 Å². The summed E-state index contributed by atoms with van der Waals surface area (Å²) in [5, 5.41) is 0.482. The topological polar surface area (TPSA) is 69.0 Å². The molecule has 0 saturated heterocycles. The molecule has 0 saturated carbocycles. The SMILES string of the molecule is CCCCCOc1cccc(C2c3c(oc4ccccc4c3=O)C(=O)N2CCCOC(C)C)c1. The van der Waals surface area contributed by atoms with Crippen LogP contribution in [0.1, 0.15) is 74.2 Å². The highest BCUT2D eigenvalue weighted by molar-refractivity contribution is 5.99. The number of unbranched alkanes of at least 4 members (excludes halogenated alkanes) is 2. The average Bonchev–Trinajstić information content (AvgIpc) is 3.11. The normalized spacial score (nSPS) is 15.4. The molecule has 34 heavy (non-hydrogen) atoms. The smallest absolute Gasteiger partial charge is 0.290 e. The molecule has 1 aliphatic heterocycles. The predicted octanol–water partition coefficient (Wildman–Crippen LogP) is 5.72. The number of benzene rings is 2. The molecule has 0 N–H and O–H groups in total. The summed E-state index contributed by atoms with van der Waals surface area (Å²) in [5.41, 5.74) is 1.51. The van der Waals surface area contributed by atoms with Crippen molar-refractivity contribution < 1.29 is 18.7 Å². The van der Waals surface area contributed by atoms with Crippen molar-refractivity contribution in [3.05, 3.63) is 75.6 Å². The van der Waals surface area contributed by atoms with Gasteiger partial charge in [-0.1, -0.05) is 44.0 Å². The molecular weight excluding hydrogens is 430 g/mol. The van der Waals surface area contributed by atoms with Gasteiger partial charge in [0.1, 0.15) is 11.3 Å². The minimum absolute atomic E-state index is 0.123. The van der Waals surface area contributed by atoms with Gasteiger partial charge in [-0.3, -0.25) is 9.59 Å². The van der Waals surface area contributed by atoms with Gasteiger partial charge in [0.25, 0.3) is 5.91 Å². The van der Waals surface area contributed by atoms with Crippen molar-refractivity contribution in [3.63, 3.8) is 0 Å². The van der Waals surface area contributed by atoms with Gasteiger partial charge < -0.3 is 18.8 Å². The minimum atomic E-state index is -0.526. The molecule has 1 amide bonds.